The number of cyclic esters (lactones) is 1. The molecule has 5 aromatic rings. The number of ether oxygens (including phenoxy) is 1. The van der Waals surface area contributed by atoms with Gasteiger partial charge in [-0.25, -0.2) is 9.50 Å². The number of para-hydroxylation sites is 1. The fraction of sp³-hybridized carbons (Fsp3) is 0.194. The zero-order chi connectivity index (χ0) is 30.1. The maximum Gasteiger partial charge on any atom is 0.305 e. The number of nitrogens with zero attached hydrogens (tertiary/aromatic N) is 4. The molecule has 0 unspecified atom stereocenters. The Kier molecular flexibility index (Phi) is 12.1. The summed E-state index contributed by atoms with van der Waals surface area (Å²) in [6.45, 7) is 2.71. The fourth-order valence-corrected chi connectivity index (χ4v) is 4.39. The van der Waals surface area contributed by atoms with Crippen molar-refractivity contribution in [2.45, 2.75) is 26.2 Å². The Morgan fingerprint density at radius 2 is 1.88 bits per heavy atom. The van der Waals surface area contributed by atoms with Gasteiger partial charge in [0.25, 0.3) is 11.5 Å². The number of pyridine rings is 1. The van der Waals surface area contributed by atoms with Crippen LogP contribution in [0.4, 0.5) is 5.82 Å². The number of aryl methyl sites for hydroxylation is 1. The van der Waals surface area contributed by atoms with Gasteiger partial charge in [-0.15, -0.1) is 11.0 Å². The van der Waals surface area contributed by atoms with Crippen molar-refractivity contribution in [3.05, 3.63) is 106 Å². The maximum atomic E-state index is 13.1. The molecule has 11 nitrogen and oxygen atoms in total. The van der Waals surface area contributed by atoms with Crippen LogP contribution >= 0.6 is 0 Å². The van der Waals surface area contributed by atoms with E-state index in [0.29, 0.717) is 29.6 Å². The van der Waals surface area contributed by atoms with Gasteiger partial charge in [-0.1, -0.05) is 49.7 Å². The summed E-state index contributed by atoms with van der Waals surface area (Å²) in [5, 5.41) is 5.38. The van der Waals surface area contributed by atoms with Crippen LogP contribution in [0.25, 0.3) is 27.8 Å². The summed E-state index contributed by atoms with van der Waals surface area (Å²) in [7, 11) is 0. The Balaban J connectivity index is 0.000000211. The van der Waals surface area contributed by atoms with Gasteiger partial charge in [0.15, 0.2) is 11.5 Å². The molecule has 2 aromatic carbocycles. The number of primary amides is 1. The predicted molar refractivity (Wildman–Crippen MR) is 161 cm³/mol. The maximum absolute atomic E-state index is 13.1. The summed E-state index contributed by atoms with van der Waals surface area (Å²) in [4.78, 5) is 38.1. The van der Waals surface area contributed by atoms with Gasteiger partial charge in [0.2, 0.25) is 0 Å². The molecule has 1 saturated heterocycles. The molecule has 3 aromatic heterocycles. The largest absolute Gasteiger partial charge is 0.667 e. The average Bonchev–Trinajstić information content (AvgIpc) is 3.62. The minimum absolute atomic E-state index is 0. The van der Waals surface area contributed by atoms with Crippen LogP contribution in [0.3, 0.4) is 0 Å². The van der Waals surface area contributed by atoms with Crippen molar-refractivity contribution in [2.24, 2.45) is 5.73 Å². The number of aromatic nitrogens is 4. The number of esters is 1. The quantitative estimate of drug-likeness (QED) is 0.221. The van der Waals surface area contributed by atoms with Crippen molar-refractivity contribution in [1.29, 1.82) is 0 Å². The van der Waals surface area contributed by atoms with Gasteiger partial charge in [-0.05, 0) is 48.6 Å². The van der Waals surface area contributed by atoms with E-state index in [4.69, 9.17) is 17.2 Å². The van der Waals surface area contributed by atoms with E-state index >= 15 is 0 Å². The van der Waals surface area contributed by atoms with Gasteiger partial charge in [0, 0.05) is 68.5 Å². The standard InChI is InChI=1S/C20H17N2O.C7H7N5O.C4H6O2.Y/c1-2-17-14-16-9-6-8-15(10-7-13-21)19(16)20(23)22(17)18-11-4-3-5-12-18;8-5-4(6(9)13)7-10-2-1-3-12(7)11-5;5-4-2-1-3-6-4;/h3-6,8-9,11-12,14,21H,2,13H2,1H3;1-3H,(H2,8,11)(H2,9,13);1-3H2;/q-1;;;. The van der Waals surface area contributed by atoms with Gasteiger partial charge >= 0.3 is 5.97 Å². The van der Waals surface area contributed by atoms with Crippen molar-refractivity contribution < 1.29 is 47.0 Å². The minimum atomic E-state index is -0.619. The first kappa shape index (κ1) is 33.1. The minimum Gasteiger partial charge on any atom is -0.667 e. The van der Waals surface area contributed by atoms with Crippen LogP contribution < -0.4 is 17.0 Å². The molecule has 0 saturated carbocycles. The molecule has 0 atom stereocenters. The summed E-state index contributed by atoms with van der Waals surface area (Å²) in [5.74, 6) is 5.12. The van der Waals surface area contributed by atoms with Crippen LogP contribution in [0.1, 0.15) is 41.4 Å². The molecule has 1 aliphatic rings. The van der Waals surface area contributed by atoms with E-state index in [1.807, 2.05) is 55.5 Å². The summed E-state index contributed by atoms with van der Waals surface area (Å²) in [6, 6.07) is 19.1. The molecule has 6 rings (SSSR count). The Labute approximate surface area is 273 Å². The normalized spacial score (nSPS) is 11.6. The molecule has 0 aliphatic carbocycles. The van der Waals surface area contributed by atoms with E-state index in [2.05, 4.69) is 32.7 Å². The third-order valence-electron chi connectivity index (χ3n) is 6.27. The molecular weight excluding hydrogens is 623 g/mol. The number of rotatable bonds is 3. The number of amides is 1. The number of carbonyl (C=O) groups excluding carboxylic acids is 2. The first-order valence-electron chi connectivity index (χ1n) is 13.3. The molecule has 217 valence electrons. The van der Waals surface area contributed by atoms with E-state index in [9.17, 15) is 14.4 Å². The summed E-state index contributed by atoms with van der Waals surface area (Å²) >= 11 is 0. The van der Waals surface area contributed by atoms with Crippen LogP contribution in [0, 0.1) is 11.8 Å². The molecule has 0 bridgehead atoms. The molecule has 43 heavy (non-hydrogen) atoms. The average molecular weight is 654 g/mol. The summed E-state index contributed by atoms with van der Waals surface area (Å²) in [6.07, 6.45) is 5.50. The molecule has 1 fully saturated rings. The molecule has 12 heteroatoms. The number of hydrogen-bond acceptors (Lipinski definition) is 7. The first-order valence-corrected chi connectivity index (χ1v) is 13.3. The van der Waals surface area contributed by atoms with Crippen molar-refractivity contribution in [2.75, 3.05) is 18.9 Å². The SMILES string of the molecule is CCc1cc2cccc(C#CC[NH-])c2c(=O)n1-c1ccccc1.NC(=O)c1c(N)nn2cccnc12.O=C1CCCO1.[Y]. The number of nitrogen functional groups attached to an aromatic ring is 1. The topological polar surface area (TPSA) is 171 Å². The van der Waals surface area contributed by atoms with Crippen molar-refractivity contribution in [1.82, 2.24) is 19.2 Å². The van der Waals surface area contributed by atoms with E-state index < -0.39 is 5.91 Å². The molecule has 4 heterocycles. The van der Waals surface area contributed by atoms with E-state index in [-0.39, 0.29) is 62.2 Å². The smallest absolute Gasteiger partial charge is 0.305 e. The van der Waals surface area contributed by atoms with Crippen LogP contribution in [-0.4, -0.2) is 44.2 Å². The van der Waals surface area contributed by atoms with E-state index in [1.165, 1.54) is 4.52 Å². The number of fused-ring (bicyclic) bond motifs is 2. The van der Waals surface area contributed by atoms with Crippen molar-refractivity contribution in [3.8, 4) is 17.5 Å². The van der Waals surface area contributed by atoms with Crippen LogP contribution in [-0.2, 0) is 48.7 Å². The number of nitrogens with two attached hydrogens (primary N) is 2. The Bertz CT molecular complexity index is 1850. The second-order valence-corrected chi connectivity index (χ2v) is 9.05. The third-order valence-corrected chi connectivity index (χ3v) is 6.27. The molecule has 1 amide bonds. The number of hydrogen-bond donors (Lipinski definition) is 2. The van der Waals surface area contributed by atoms with E-state index in [0.717, 1.165) is 29.6 Å². The Morgan fingerprint density at radius 3 is 2.49 bits per heavy atom. The van der Waals surface area contributed by atoms with Crippen LogP contribution in [0.15, 0.2) is 77.9 Å². The number of nitrogens with one attached hydrogen (secondary N) is 1. The molecule has 1 aliphatic heterocycles. The second kappa shape index (κ2) is 15.7. The fourth-order valence-electron chi connectivity index (χ4n) is 4.39. The molecular formula is C31H30N7O4Y-. The number of anilines is 1. The van der Waals surface area contributed by atoms with Gasteiger partial charge in [-0.2, -0.15) is 0 Å². The Morgan fingerprint density at radius 1 is 1.12 bits per heavy atom. The molecule has 0 spiro atoms. The third kappa shape index (κ3) is 7.93. The monoisotopic (exact) mass is 653 g/mol. The number of carbonyl (C=O) groups is 2. The Hall–Kier alpha value is -4.37. The van der Waals surface area contributed by atoms with Gasteiger partial charge in [0.1, 0.15) is 5.56 Å². The van der Waals surface area contributed by atoms with Gasteiger partial charge in [-0.3, -0.25) is 19.0 Å². The van der Waals surface area contributed by atoms with Crippen molar-refractivity contribution >= 4 is 34.1 Å². The van der Waals surface area contributed by atoms with Gasteiger partial charge < -0.3 is 21.9 Å². The molecule has 1 radical (unpaired) electrons. The van der Waals surface area contributed by atoms with Crippen molar-refractivity contribution in [3.63, 3.8) is 0 Å². The summed E-state index contributed by atoms with van der Waals surface area (Å²) < 4.78 is 7.68. The van der Waals surface area contributed by atoms with Crippen LogP contribution in [0.2, 0.25) is 0 Å². The number of benzene rings is 2. The zero-order valence-corrected chi connectivity index (χ0v) is 26.5. The predicted octanol–water partition coefficient (Wildman–Crippen LogP) is 3.69. The van der Waals surface area contributed by atoms with Gasteiger partial charge in [0.05, 0.1) is 12.0 Å². The zero-order valence-electron chi connectivity index (χ0n) is 23.6. The van der Waals surface area contributed by atoms with E-state index in [1.54, 1.807) is 23.0 Å². The molecule has 5 N–H and O–H groups in total. The first-order chi connectivity index (χ1) is 20.3. The van der Waals surface area contributed by atoms with Crippen LogP contribution in [0.5, 0.6) is 0 Å². The second-order valence-electron chi connectivity index (χ2n) is 9.05. The summed E-state index contributed by atoms with van der Waals surface area (Å²) in [5.41, 5.74) is 20.8.